The van der Waals surface area contributed by atoms with E-state index in [9.17, 15) is 19.8 Å². The van der Waals surface area contributed by atoms with Gasteiger partial charge in [-0.2, -0.15) is 0 Å². The van der Waals surface area contributed by atoms with E-state index in [1.807, 2.05) is 0 Å². The van der Waals surface area contributed by atoms with Crippen LogP contribution in [0.2, 0.25) is 0 Å². The van der Waals surface area contributed by atoms with Gasteiger partial charge in [0.15, 0.2) is 0 Å². The monoisotopic (exact) mass is 1010 g/mol. The lowest BCUT2D eigenvalue weighted by molar-refractivity contribution is -0.143. The molecule has 0 saturated carbocycles. The minimum Gasteiger partial charge on any atom is -0.466 e. The van der Waals surface area contributed by atoms with Crippen molar-refractivity contribution in [2.24, 2.45) is 0 Å². The van der Waals surface area contributed by atoms with E-state index < -0.39 is 12.1 Å². The number of hydrogen-bond donors (Lipinski definition) is 3. The Hall–Kier alpha value is -1.66. The van der Waals surface area contributed by atoms with Crippen molar-refractivity contribution in [3.05, 3.63) is 24.3 Å². The summed E-state index contributed by atoms with van der Waals surface area (Å²) < 4.78 is 5.49. The molecule has 0 aliphatic rings. The van der Waals surface area contributed by atoms with Crippen LogP contribution >= 0.6 is 0 Å². The molecule has 0 aromatic carbocycles. The van der Waals surface area contributed by atoms with Crippen molar-refractivity contribution in [2.75, 3.05) is 13.2 Å². The van der Waals surface area contributed by atoms with Gasteiger partial charge < -0.3 is 20.3 Å². The zero-order valence-electron chi connectivity index (χ0n) is 48.7. The lowest BCUT2D eigenvalue weighted by Crippen LogP contribution is -2.45. The van der Waals surface area contributed by atoms with Crippen molar-refractivity contribution < 1.29 is 24.5 Å². The molecule has 2 atom stereocenters. The number of aliphatic hydroxyl groups excluding tert-OH is 2. The predicted octanol–water partition coefficient (Wildman–Crippen LogP) is 20.6. The summed E-state index contributed by atoms with van der Waals surface area (Å²) in [5.41, 5.74) is 0. The maximum Gasteiger partial charge on any atom is 0.305 e. The Morgan fingerprint density at radius 3 is 0.986 bits per heavy atom. The molecule has 0 aromatic heterocycles. The number of carbonyl (C=O) groups excluding carboxylic acids is 2. The van der Waals surface area contributed by atoms with Gasteiger partial charge in [-0.15, -0.1) is 0 Å². The van der Waals surface area contributed by atoms with E-state index in [0.717, 1.165) is 44.9 Å². The molecule has 0 radical (unpaired) electrons. The molecule has 0 bridgehead atoms. The van der Waals surface area contributed by atoms with Crippen LogP contribution in [0.1, 0.15) is 361 Å². The number of esters is 1. The van der Waals surface area contributed by atoms with Crippen LogP contribution < -0.4 is 5.32 Å². The van der Waals surface area contributed by atoms with Crippen LogP contribution in [0.15, 0.2) is 24.3 Å². The number of unbranched alkanes of at least 4 members (excludes halogenated alkanes) is 46. The van der Waals surface area contributed by atoms with Crippen molar-refractivity contribution >= 4 is 11.9 Å². The quantitative estimate of drug-likeness (QED) is 0.0320. The molecule has 0 rings (SSSR count). The molecule has 0 aromatic rings. The molecule has 1 amide bonds. The van der Waals surface area contributed by atoms with Crippen LogP contribution in [0.5, 0.6) is 0 Å². The summed E-state index contributed by atoms with van der Waals surface area (Å²) in [6.45, 7) is 4.95. The molecule has 2 unspecified atom stereocenters. The second-order valence-corrected chi connectivity index (χ2v) is 22.4. The first-order valence-electron chi connectivity index (χ1n) is 32.6. The minimum absolute atomic E-state index is 0.00887. The first kappa shape index (κ1) is 70.3. The van der Waals surface area contributed by atoms with Gasteiger partial charge in [0.2, 0.25) is 5.91 Å². The molecule has 0 aliphatic carbocycles. The largest absolute Gasteiger partial charge is 0.466 e. The lowest BCUT2D eigenvalue weighted by atomic mass is 10.0. The fourth-order valence-electron chi connectivity index (χ4n) is 10.2. The van der Waals surface area contributed by atoms with E-state index in [2.05, 4.69) is 43.5 Å². The van der Waals surface area contributed by atoms with Gasteiger partial charge in [-0.3, -0.25) is 9.59 Å². The van der Waals surface area contributed by atoms with Crippen molar-refractivity contribution in [1.82, 2.24) is 5.32 Å². The zero-order valence-corrected chi connectivity index (χ0v) is 48.7. The van der Waals surface area contributed by atoms with Crippen molar-refractivity contribution in [2.45, 2.75) is 373 Å². The Morgan fingerprint density at radius 1 is 0.375 bits per heavy atom. The predicted molar refractivity (Wildman–Crippen MR) is 315 cm³/mol. The van der Waals surface area contributed by atoms with E-state index in [0.29, 0.717) is 25.9 Å². The molecule has 0 heterocycles. The fourth-order valence-corrected chi connectivity index (χ4v) is 10.2. The number of aliphatic hydroxyl groups is 2. The molecule has 0 fully saturated rings. The minimum atomic E-state index is -0.662. The van der Waals surface area contributed by atoms with Gasteiger partial charge in [0.25, 0.3) is 0 Å². The number of nitrogens with one attached hydrogen (secondary N) is 1. The summed E-state index contributed by atoms with van der Waals surface area (Å²) in [5, 5.41) is 23.2. The van der Waals surface area contributed by atoms with Crippen LogP contribution in [-0.2, 0) is 14.3 Å². The molecule has 72 heavy (non-hydrogen) atoms. The molecule has 0 saturated heterocycles. The molecular formula is C66H127NO5. The number of hydrogen-bond acceptors (Lipinski definition) is 5. The Labute approximate surface area is 450 Å². The van der Waals surface area contributed by atoms with Crippen LogP contribution in [-0.4, -0.2) is 47.4 Å². The Kier molecular flexibility index (Phi) is 60.5. The summed E-state index contributed by atoms with van der Waals surface area (Å²) in [7, 11) is 0. The summed E-state index contributed by atoms with van der Waals surface area (Å²) >= 11 is 0. The number of ether oxygens (including phenoxy) is 1. The molecule has 426 valence electrons. The molecule has 3 N–H and O–H groups in total. The van der Waals surface area contributed by atoms with Gasteiger partial charge in [0, 0.05) is 12.8 Å². The van der Waals surface area contributed by atoms with Gasteiger partial charge in [0.1, 0.15) is 0 Å². The molecule has 0 spiro atoms. The van der Waals surface area contributed by atoms with E-state index in [-0.39, 0.29) is 18.5 Å². The van der Waals surface area contributed by atoms with E-state index >= 15 is 0 Å². The number of amides is 1. The first-order chi connectivity index (χ1) is 35.5. The second-order valence-electron chi connectivity index (χ2n) is 22.4. The highest BCUT2D eigenvalue weighted by Crippen LogP contribution is 2.18. The van der Waals surface area contributed by atoms with Gasteiger partial charge in [0.05, 0.1) is 25.4 Å². The van der Waals surface area contributed by atoms with Crippen LogP contribution in [0.4, 0.5) is 0 Å². The third-order valence-electron chi connectivity index (χ3n) is 15.2. The van der Waals surface area contributed by atoms with E-state index in [1.165, 1.54) is 283 Å². The SMILES string of the molecule is CCCCCCCC/C=C\CCCCCCCC(=O)OCCCCCCCCCCCCCC/C=C\CCCCCCCCCCCCCCCC(=O)NC(CO)C(O)CCCCCCCCCCCCC. The third kappa shape index (κ3) is 57.6. The van der Waals surface area contributed by atoms with Crippen molar-refractivity contribution in [1.29, 1.82) is 0 Å². The number of rotatable bonds is 61. The second kappa shape index (κ2) is 61.9. The van der Waals surface area contributed by atoms with Crippen molar-refractivity contribution in [3.63, 3.8) is 0 Å². The third-order valence-corrected chi connectivity index (χ3v) is 15.2. The van der Waals surface area contributed by atoms with Gasteiger partial charge in [-0.05, 0) is 77.0 Å². The van der Waals surface area contributed by atoms with Gasteiger partial charge >= 0.3 is 5.97 Å². The van der Waals surface area contributed by atoms with Gasteiger partial charge in [-0.25, -0.2) is 0 Å². The smallest absolute Gasteiger partial charge is 0.305 e. The molecular weight excluding hydrogens is 887 g/mol. The number of allylic oxidation sites excluding steroid dienone is 4. The maximum absolute atomic E-state index is 12.5. The Morgan fingerprint density at radius 2 is 0.653 bits per heavy atom. The van der Waals surface area contributed by atoms with Crippen molar-refractivity contribution in [3.8, 4) is 0 Å². The summed E-state index contributed by atoms with van der Waals surface area (Å²) in [6.07, 6.45) is 76.4. The van der Waals surface area contributed by atoms with Gasteiger partial charge in [-0.1, -0.05) is 295 Å². The summed E-state index contributed by atoms with van der Waals surface area (Å²) in [6, 6.07) is -0.539. The Bertz CT molecular complexity index is 1120. The van der Waals surface area contributed by atoms with E-state index in [4.69, 9.17) is 4.74 Å². The van der Waals surface area contributed by atoms with E-state index in [1.54, 1.807) is 0 Å². The molecule has 0 aliphatic heterocycles. The average molecular weight is 1010 g/mol. The molecule has 6 heteroatoms. The van der Waals surface area contributed by atoms with Crippen LogP contribution in [0.25, 0.3) is 0 Å². The highest BCUT2D eigenvalue weighted by molar-refractivity contribution is 5.76. The first-order valence-corrected chi connectivity index (χ1v) is 32.6. The summed E-state index contributed by atoms with van der Waals surface area (Å²) in [5.74, 6) is -0.0250. The zero-order chi connectivity index (χ0) is 52.2. The Balaban J connectivity index is 3.35. The van der Waals surface area contributed by atoms with Crippen LogP contribution in [0, 0.1) is 0 Å². The lowest BCUT2D eigenvalue weighted by Gasteiger charge is -2.22. The highest BCUT2D eigenvalue weighted by Gasteiger charge is 2.20. The standard InChI is InChI=1S/C66H127NO5/c1-3-5-7-9-11-13-15-16-32-36-40-44-48-52-56-60-66(71)72-61-57-53-49-45-41-37-34-31-29-27-25-23-21-19-17-18-20-22-24-26-28-30-33-35-39-43-47-51-55-59-65(70)67-63(62-68)64(69)58-54-50-46-42-38-14-12-10-8-6-4-2/h16-17,19,32,63-64,68-69H,3-15,18,20-31,33-62H2,1-2H3,(H,67,70)/b19-17-,32-16-. The summed E-state index contributed by atoms with van der Waals surface area (Å²) in [4.78, 5) is 24.5. The van der Waals surface area contributed by atoms with Crippen LogP contribution in [0.3, 0.4) is 0 Å². The fraction of sp³-hybridized carbons (Fsp3) is 0.909. The topological polar surface area (TPSA) is 95.9 Å². The maximum atomic E-state index is 12.5. The molecule has 6 nitrogen and oxygen atoms in total. The highest BCUT2D eigenvalue weighted by atomic mass is 16.5. The average Bonchev–Trinajstić information content (AvgIpc) is 3.38. The number of carbonyl (C=O) groups is 2. The normalized spacial score (nSPS) is 12.7.